The van der Waals surface area contributed by atoms with Crippen molar-refractivity contribution in [1.82, 2.24) is 9.55 Å². The molecule has 5 heteroatoms. The largest absolute Gasteiger partial charge is 0.365 e. The maximum atomic E-state index is 5.84. The van der Waals surface area contributed by atoms with Crippen LogP contribution in [0.3, 0.4) is 0 Å². The van der Waals surface area contributed by atoms with Crippen molar-refractivity contribution in [2.24, 2.45) is 5.73 Å². The van der Waals surface area contributed by atoms with Crippen LogP contribution in [0.2, 0.25) is 0 Å². The highest BCUT2D eigenvalue weighted by molar-refractivity contribution is 7.10. The van der Waals surface area contributed by atoms with E-state index in [1.165, 1.54) is 4.88 Å². The molecular formula is C11H13N3OS. The van der Waals surface area contributed by atoms with E-state index in [1.54, 1.807) is 11.3 Å². The van der Waals surface area contributed by atoms with Crippen LogP contribution in [0.15, 0.2) is 23.8 Å². The lowest BCUT2D eigenvalue weighted by Gasteiger charge is -2.24. The van der Waals surface area contributed by atoms with Gasteiger partial charge in [0.1, 0.15) is 6.10 Å². The second-order valence-corrected chi connectivity index (χ2v) is 4.79. The fourth-order valence-corrected chi connectivity index (χ4v) is 2.77. The summed E-state index contributed by atoms with van der Waals surface area (Å²) in [5.41, 5.74) is 7.69. The van der Waals surface area contributed by atoms with Gasteiger partial charge in [0.25, 0.3) is 0 Å². The van der Waals surface area contributed by atoms with Gasteiger partial charge in [-0.05, 0) is 11.4 Å². The molecule has 16 heavy (non-hydrogen) atoms. The number of hydrogen-bond acceptors (Lipinski definition) is 4. The Balaban J connectivity index is 1.87. The highest BCUT2D eigenvalue weighted by atomic mass is 32.1. The summed E-state index contributed by atoms with van der Waals surface area (Å²) in [4.78, 5) is 5.57. The van der Waals surface area contributed by atoms with Gasteiger partial charge in [-0.1, -0.05) is 6.07 Å². The van der Waals surface area contributed by atoms with Crippen LogP contribution < -0.4 is 5.73 Å². The average Bonchev–Trinajstić information content (AvgIpc) is 2.97. The number of hydrogen-bond donors (Lipinski definition) is 1. The molecule has 3 heterocycles. The molecule has 0 spiro atoms. The number of aromatic nitrogens is 2. The smallest absolute Gasteiger partial charge is 0.110 e. The number of rotatable bonds is 2. The summed E-state index contributed by atoms with van der Waals surface area (Å²) < 4.78 is 7.99. The number of ether oxygens (including phenoxy) is 1. The van der Waals surface area contributed by atoms with Gasteiger partial charge in [-0.3, -0.25) is 0 Å². The van der Waals surface area contributed by atoms with E-state index < -0.39 is 0 Å². The summed E-state index contributed by atoms with van der Waals surface area (Å²) in [5.74, 6) is 0. The third-order valence-corrected chi connectivity index (χ3v) is 3.83. The lowest BCUT2D eigenvalue weighted by Crippen LogP contribution is -2.20. The lowest BCUT2D eigenvalue weighted by molar-refractivity contribution is 0.00477. The van der Waals surface area contributed by atoms with Crippen molar-refractivity contribution in [2.45, 2.75) is 25.8 Å². The molecule has 2 N–H and O–H groups in total. The molecule has 4 nitrogen and oxygen atoms in total. The van der Waals surface area contributed by atoms with Gasteiger partial charge in [-0.15, -0.1) is 11.3 Å². The van der Waals surface area contributed by atoms with Crippen LogP contribution in [0.1, 0.15) is 22.4 Å². The van der Waals surface area contributed by atoms with E-state index in [2.05, 4.69) is 27.1 Å². The Hall–Kier alpha value is -1.17. The Bertz CT molecular complexity index is 477. The quantitative estimate of drug-likeness (QED) is 0.861. The Morgan fingerprint density at radius 2 is 2.56 bits per heavy atom. The Kier molecular flexibility index (Phi) is 2.51. The molecule has 0 bridgehead atoms. The minimum Gasteiger partial charge on any atom is -0.365 e. The van der Waals surface area contributed by atoms with Crippen LogP contribution in [-0.2, 0) is 24.4 Å². The molecule has 3 rings (SSSR count). The standard InChI is InChI=1S/C11H13N3OS/c12-4-8-9-6-15-10(5-14(9)7-13-8)11-2-1-3-16-11/h1-3,7,10H,4-6,12H2. The molecule has 2 aromatic heterocycles. The molecule has 0 saturated heterocycles. The molecule has 0 saturated carbocycles. The van der Waals surface area contributed by atoms with Gasteiger partial charge in [-0.2, -0.15) is 0 Å². The molecule has 1 aliphatic heterocycles. The van der Waals surface area contributed by atoms with E-state index in [9.17, 15) is 0 Å². The normalized spacial score (nSPS) is 19.7. The Morgan fingerprint density at radius 3 is 3.31 bits per heavy atom. The highest BCUT2D eigenvalue weighted by Crippen LogP contribution is 2.30. The van der Waals surface area contributed by atoms with Gasteiger partial charge in [0.2, 0.25) is 0 Å². The highest BCUT2D eigenvalue weighted by Gasteiger charge is 2.23. The van der Waals surface area contributed by atoms with Gasteiger partial charge in [0.15, 0.2) is 0 Å². The Morgan fingerprint density at radius 1 is 1.62 bits per heavy atom. The minimum absolute atomic E-state index is 0.160. The van der Waals surface area contributed by atoms with Crippen LogP contribution in [0, 0.1) is 0 Å². The molecule has 0 radical (unpaired) electrons. The lowest BCUT2D eigenvalue weighted by atomic mass is 10.2. The minimum atomic E-state index is 0.160. The molecule has 1 aliphatic rings. The van der Waals surface area contributed by atoms with Crippen molar-refractivity contribution in [1.29, 1.82) is 0 Å². The van der Waals surface area contributed by atoms with Crippen LogP contribution in [0.25, 0.3) is 0 Å². The van der Waals surface area contributed by atoms with E-state index in [4.69, 9.17) is 10.5 Å². The zero-order valence-electron chi connectivity index (χ0n) is 8.80. The van der Waals surface area contributed by atoms with Crippen LogP contribution in [0.4, 0.5) is 0 Å². The molecule has 1 atom stereocenters. The predicted molar refractivity (Wildman–Crippen MR) is 62.0 cm³/mol. The van der Waals surface area contributed by atoms with Crippen LogP contribution in [-0.4, -0.2) is 9.55 Å². The zero-order valence-corrected chi connectivity index (χ0v) is 9.61. The summed E-state index contributed by atoms with van der Waals surface area (Å²) in [6, 6.07) is 4.17. The zero-order chi connectivity index (χ0) is 11.0. The number of nitrogens with two attached hydrogens (primary N) is 1. The van der Waals surface area contributed by atoms with E-state index in [0.717, 1.165) is 17.9 Å². The van der Waals surface area contributed by atoms with Crippen molar-refractivity contribution in [3.63, 3.8) is 0 Å². The maximum absolute atomic E-state index is 5.84. The molecule has 2 aromatic rings. The predicted octanol–water partition coefficient (Wildman–Crippen LogP) is 1.67. The molecule has 1 unspecified atom stereocenters. The third-order valence-electron chi connectivity index (χ3n) is 2.87. The molecular weight excluding hydrogens is 222 g/mol. The summed E-state index contributed by atoms with van der Waals surface area (Å²) in [7, 11) is 0. The first kappa shape index (κ1) is 10.0. The van der Waals surface area contributed by atoms with Gasteiger partial charge >= 0.3 is 0 Å². The SMILES string of the molecule is NCc1ncn2c1COC(c1cccs1)C2. The first-order valence-electron chi connectivity index (χ1n) is 5.26. The van der Waals surface area contributed by atoms with Crippen molar-refractivity contribution in [3.8, 4) is 0 Å². The van der Waals surface area contributed by atoms with Crippen molar-refractivity contribution in [3.05, 3.63) is 40.1 Å². The molecule has 0 aromatic carbocycles. The summed E-state index contributed by atoms with van der Waals surface area (Å²) in [5, 5.41) is 2.08. The van der Waals surface area contributed by atoms with E-state index in [0.29, 0.717) is 13.2 Å². The average molecular weight is 235 g/mol. The summed E-state index contributed by atoms with van der Waals surface area (Å²) in [6.45, 7) is 1.92. The van der Waals surface area contributed by atoms with E-state index >= 15 is 0 Å². The topological polar surface area (TPSA) is 53.1 Å². The van der Waals surface area contributed by atoms with Crippen molar-refractivity contribution < 1.29 is 4.74 Å². The van der Waals surface area contributed by atoms with Crippen molar-refractivity contribution >= 4 is 11.3 Å². The maximum Gasteiger partial charge on any atom is 0.110 e. The first-order chi connectivity index (χ1) is 7.88. The number of fused-ring (bicyclic) bond motifs is 1. The molecule has 0 amide bonds. The molecule has 0 fully saturated rings. The fourth-order valence-electron chi connectivity index (χ4n) is 2.00. The van der Waals surface area contributed by atoms with Gasteiger partial charge in [-0.25, -0.2) is 4.98 Å². The van der Waals surface area contributed by atoms with Gasteiger partial charge in [0.05, 0.1) is 30.9 Å². The monoisotopic (exact) mass is 235 g/mol. The second-order valence-electron chi connectivity index (χ2n) is 3.81. The molecule has 0 aliphatic carbocycles. The van der Waals surface area contributed by atoms with Crippen LogP contribution >= 0.6 is 11.3 Å². The number of nitrogens with zero attached hydrogens (tertiary/aromatic N) is 2. The second kappa shape index (κ2) is 4.01. The van der Waals surface area contributed by atoms with Gasteiger partial charge in [0, 0.05) is 11.4 Å². The third kappa shape index (κ3) is 1.57. The summed E-state index contributed by atoms with van der Waals surface area (Å²) in [6.07, 6.45) is 2.02. The van der Waals surface area contributed by atoms with Gasteiger partial charge < -0.3 is 15.0 Å². The van der Waals surface area contributed by atoms with E-state index in [1.807, 2.05) is 6.33 Å². The molecule has 84 valence electrons. The van der Waals surface area contributed by atoms with Crippen LogP contribution in [0.5, 0.6) is 0 Å². The first-order valence-corrected chi connectivity index (χ1v) is 6.14. The number of thiophene rings is 1. The Labute approximate surface area is 97.7 Å². The van der Waals surface area contributed by atoms with Crippen molar-refractivity contribution in [2.75, 3.05) is 0 Å². The summed E-state index contributed by atoms with van der Waals surface area (Å²) >= 11 is 1.73. The van der Waals surface area contributed by atoms with E-state index in [-0.39, 0.29) is 6.10 Å². The number of imidazole rings is 1. The fraction of sp³-hybridized carbons (Fsp3) is 0.364.